The van der Waals surface area contributed by atoms with Crippen molar-refractivity contribution in [3.63, 3.8) is 0 Å². The van der Waals surface area contributed by atoms with Crippen LogP contribution in [0.2, 0.25) is 0 Å². The fraction of sp³-hybridized carbons (Fsp3) is 0.643. The van der Waals surface area contributed by atoms with Crippen LogP contribution in [0.15, 0.2) is 12.1 Å². The van der Waals surface area contributed by atoms with E-state index in [0.717, 1.165) is 0 Å². The molecule has 0 amide bonds. The molecule has 1 heterocycles. The Morgan fingerprint density at radius 2 is 2.10 bits per heavy atom. The smallest absolute Gasteiger partial charge is 0.239 e. The monoisotopic (exact) mass is 313 g/mol. The van der Waals surface area contributed by atoms with Gasteiger partial charge in [0.1, 0.15) is 5.82 Å². The molecule has 6 nitrogen and oxygen atoms in total. The predicted octanol–water partition coefficient (Wildman–Crippen LogP) is 1.69. The molecule has 0 atom stereocenters. The predicted molar refractivity (Wildman–Crippen MR) is 84.3 cm³/mol. The number of aromatic nitrogens is 1. The summed E-state index contributed by atoms with van der Waals surface area (Å²) in [6.07, 6.45) is 3.62. The molecule has 1 aliphatic carbocycles. The molecule has 3 N–H and O–H groups in total. The summed E-state index contributed by atoms with van der Waals surface area (Å²) in [7, 11) is -3.15. The minimum absolute atomic E-state index is 0.269. The number of hydrogen-bond donors (Lipinski definition) is 2. The van der Waals surface area contributed by atoms with Gasteiger partial charge in [-0.25, -0.2) is 8.42 Å². The molecule has 21 heavy (non-hydrogen) atoms. The van der Waals surface area contributed by atoms with Crippen LogP contribution in [0.1, 0.15) is 26.7 Å². The van der Waals surface area contributed by atoms with Gasteiger partial charge in [0, 0.05) is 12.8 Å². The number of nitrogens with two attached hydrogens (primary N) is 1. The molecule has 1 aliphatic rings. The molecule has 0 radical (unpaired) electrons. The molecule has 0 unspecified atom stereocenters. The zero-order chi connectivity index (χ0) is 15.7. The molecule has 2 rings (SSSR count). The van der Waals surface area contributed by atoms with E-state index in [-0.39, 0.29) is 6.54 Å². The van der Waals surface area contributed by atoms with Crippen molar-refractivity contribution in [3.8, 4) is 5.88 Å². The van der Waals surface area contributed by atoms with Crippen molar-refractivity contribution in [2.24, 2.45) is 5.92 Å². The van der Waals surface area contributed by atoms with Gasteiger partial charge in [0.2, 0.25) is 5.88 Å². The molecule has 1 saturated carbocycles. The third kappa shape index (κ3) is 4.23. The van der Waals surface area contributed by atoms with E-state index in [1.54, 1.807) is 26.0 Å². The lowest BCUT2D eigenvalue weighted by atomic mass is 10.2. The maximum atomic E-state index is 11.7. The number of nitrogens with one attached hydrogen (secondary N) is 1. The number of anilines is 2. The Bertz CT molecular complexity index is 610. The van der Waals surface area contributed by atoms with Gasteiger partial charge in [0.15, 0.2) is 9.84 Å². The second-order valence-electron chi connectivity index (χ2n) is 6.23. The highest BCUT2D eigenvalue weighted by Crippen LogP contribution is 2.30. The van der Waals surface area contributed by atoms with Gasteiger partial charge in [0.25, 0.3) is 0 Å². The van der Waals surface area contributed by atoms with E-state index in [4.69, 9.17) is 10.5 Å². The number of nitrogen functional groups attached to an aromatic ring is 1. The van der Waals surface area contributed by atoms with E-state index in [1.165, 1.54) is 19.1 Å². The highest BCUT2D eigenvalue weighted by Gasteiger charge is 2.30. The molecule has 0 aromatic carbocycles. The Labute approximate surface area is 126 Å². The van der Waals surface area contributed by atoms with Gasteiger partial charge in [-0.05, 0) is 44.7 Å². The Hall–Kier alpha value is -1.50. The second kappa shape index (κ2) is 5.71. The molecule has 0 bridgehead atoms. The van der Waals surface area contributed by atoms with Gasteiger partial charge in [-0.3, -0.25) is 0 Å². The van der Waals surface area contributed by atoms with Crippen LogP contribution >= 0.6 is 0 Å². The summed E-state index contributed by atoms with van der Waals surface area (Å²) < 4.78 is 28.1. The summed E-state index contributed by atoms with van der Waals surface area (Å²) in [5, 5.41) is 3.04. The Balaban J connectivity index is 2.01. The van der Waals surface area contributed by atoms with Gasteiger partial charge in [-0.15, -0.1) is 0 Å². The first-order chi connectivity index (χ1) is 9.69. The van der Waals surface area contributed by atoms with E-state index in [0.29, 0.717) is 29.9 Å². The molecule has 7 heteroatoms. The number of nitrogens with zero attached hydrogens (tertiary/aromatic N) is 1. The molecular formula is C14H23N3O3S. The van der Waals surface area contributed by atoms with Crippen molar-refractivity contribution in [3.05, 3.63) is 12.1 Å². The number of sulfone groups is 1. The average Bonchev–Trinajstić information content (AvgIpc) is 3.19. The van der Waals surface area contributed by atoms with Crippen LogP contribution < -0.4 is 15.8 Å². The molecule has 0 spiro atoms. The van der Waals surface area contributed by atoms with E-state index < -0.39 is 14.6 Å². The third-order valence-corrected chi connectivity index (χ3v) is 5.89. The third-order valence-electron chi connectivity index (χ3n) is 3.74. The molecule has 1 aromatic heterocycles. The summed E-state index contributed by atoms with van der Waals surface area (Å²) >= 11 is 0. The van der Waals surface area contributed by atoms with Crippen molar-refractivity contribution in [1.29, 1.82) is 0 Å². The van der Waals surface area contributed by atoms with Crippen LogP contribution in [0.4, 0.5) is 11.5 Å². The highest BCUT2D eigenvalue weighted by atomic mass is 32.2. The van der Waals surface area contributed by atoms with Crippen LogP contribution in [0.25, 0.3) is 0 Å². The fourth-order valence-electron chi connectivity index (χ4n) is 1.58. The Morgan fingerprint density at radius 3 is 2.67 bits per heavy atom. The van der Waals surface area contributed by atoms with Gasteiger partial charge in [-0.2, -0.15) is 4.98 Å². The molecule has 1 aromatic rings. The fourth-order valence-corrected chi connectivity index (χ4v) is 1.92. The highest BCUT2D eigenvalue weighted by molar-refractivity contribution is 7.92. The van der Waals surface area contributed by atoms with E-state index >= 15 is 0 Å². The first-order valence-corrected chi connectivity index (χ1v) is 8.91. The van der Waals surface area contributed by atoms with Crippen LogP contribution in [-0.4, -0.2) is 37.6 Å². The minimum Gasteiger partial charge on any atom is -0.476 e. The van der Waals surface area contributed by atoms with Gasteiger partial charge < -0.3 is 15.8 Å². The van der Waals surface area contributed by atoms with Crippen molar-refractivity contribution >= 4 is 21.3 Å². The molecule has 118 valence electrons. The summed E-state index contributed by atoms with van der Waals surface area (Å²) in [6, 6.07) is 3.43. The maximum absolute atomic E-state index is 11.7. The molecule has 0 saturated heterocycles. The van der Waals surface area contributed by atoms with Crippen LogP contribution in [0.3, 0.4) is 0 Å². The van der Waals surface area contributed by atoms with Crippen molar-refractivity contribution in [2.75, 3.05) is 30.5 Å². The lowest BCUT2D eigenvalue weighted by Gasteiger charge is -2.23. The first-order valence-electron chi connectivity index (χ1n) is 7.02. The van der Waals surface area contributed by atoms with Crippen molar-refractivity contribution < 1.29 is 13.2 Å². The largest absolute Gasteiger partial charge is 0.476 e. The first kappa shape index (κ1) is 15.9. The topological polar surface area (TPSA) is 94.3 Å². The molecule has 1 fully saturated rings. The zero-order valence-electron chi connectivity index (χ0n) is 12.7. The molecule has 0 aliphatic heterocycles. The van der Waals surface area contributed by atoms with Crippen LogP contribution in [0.5, 0.6) is 5.88 Å². The van der Waals surface area contributed by atoms with Gasteiger partial charge in [-0.1, -0.05) is 0 Å². The van der Waals surface area contributed by atoms with Gasteiger partial charge >= 0.3 is 0 Å². The summed E-state index contributed by atoms with van der Waals surface area (Å²) in [5.74, 6) is 1.59. The summed E-state index contributed by atoms with van der Waals surface area (Å²) in [4.78, 5) is 4.30. The van der Waals surface area contributed by atoms with E-state index in [9.17, 15) is 8.42 Å². The van der Waals surface area contributed by atoms with Crippen LogP contribution in [0, 0.1) is 5.92 Å². The average molecular weight is 313 g/mol. The summed E-state index contributed by atoms with van der Waals surface area (Å²) in [6.45, 7) is 4.26. The Morgan fingerprint density at radius 1 is 1.43 bits per heavy atom. The number of rotatable bonds is 7. The summed E-state index contributed by atoms with van der Waals surface area (Å²) in [5.41, 5.74) is 6.33. The number of ether oxygens (including phenoxy) is 1. The van der Waals surface area contributed by atoms with Crippen LogP contribution in [-0.2, 0) is 9.84 Å². The van der Waals surface area contributed by atoms with E-state index in [1.807, 2.05) is 0 Å². The Kier molecular flexibility index (Phi) is 4.32. The number of hydrogen-bond acceptors (Lipinski definition) is 6. The normalized spacial score (nSPS) is 15.8. The minimum atomic E-state index is -3.15. The number of pyridine rings is 1. The quantitative estimate of drug-likeness (QED) is 0.795. The maximum Gasteiger partial charge on any atom is 0.239 e. The SMILES string of the molecule is CC(C)(CNc1ccc(N)c(OCC2CC2)n1)S(C)(=O)=O. The van der Waals surface area contributed by atoms with Crippen molar-refractivity contribution in [2.45, 2.75) is 31.4 Å². The zero-order valence-corrected chi connectivity index (χ0v) is 13.5. The second-order valence-corrected chi connectivity index (χ2v) is 8.88. The standard InChI is InChI=1S/C14H23N3O3S/c1-14(2,21(3,18)19)9-16-12-7-6-11(15)13(17-12)20-8-10-4-5-10/h6-7,10H,4-5,8-9,15H2,1-3H3,(H,16,17). The molecular weight excluding hydrogens is 290 g/mol. The van der Waals surface area contributed by atoms with E-state index in [2.05, 4.69) is 10.3 Å². The van der Waals surface area contributed by atoms with Gasteiger partial charge in [0.05, 0.1) is 17.0 Å². The lowest BCUT2D eigenvalue weighted by molar-refractivity contribution is 0.290. The lowest BCUT2D eigenvalue weighted by Crippen LogP contribution is -2.38. The van der Waals surface area contributed by atoms with Crippen molar-refractivity contribution in [1.82, 2.24) is 4.98 Å².